The lowest BCUT2D eigenvalue weighted by Gasteiger charge is -2.15. The summed E-state index contributed by atoms with van der Waals surface area (Å²) in [5, 5.41) is 6.64. The van der Waals surface area contributed by atoms with Crippen molar-refractivity contribution >= 4 is 28.1 Å². The van der Waals surface area contributed by atoms with Gasteiger partial charge in [-0.2, -0.15) is 0 Å². The van der Waals surface area contributed by atoms with E-state index in [1.54, 1.807) is 6.20 Å². The van der Waals surface area contributed by atoms with E-state index >= 15 is 0 Å². The second-order valence-electron chi connectivity index (χ2n) is 6.02. The van der Waals surface area contributed by atoms with Crippen LogP contribution in [0.2, 0.25) is 0 Å². The highest BCUT2D eigenvalue weighted by molar-refractivity contribution is 7.13. The fraction of sp³-hybridized carbons (Fsp3) is 0.0952. The van der Waals surface area contributed by atoms with Crippen LogP contribution >= 0.6 is 11.3 Å². The number of pyridine rings is 1. The molecule has 0 saturated carbocycles. The van der Waals surface area contributed by atoms with E-state index in [4.69, 9.17) is 0 Å². The Bertz CT molecular complexity index is 1050. The van der Waals surface area contributed by atoms with Crippen molar-refractivity contribution in [3.05, 3.63) is 83.4 Å². The number of thiazole rings is 1. The molecule has 4 aromatic rings. The van der Waals surface area contributed by atoms with Gasteiger partial charge < -0.3 is 5.32 Å². The molecule has 1 atom stereocenters. The molecule has 0 fully saturated rings. The molecular formula is C21H17N3OS. The first-order valence-corrected chi connectivity index (χ1v) is 9.26. The number of nitrogens with one attached hydrogen (secondary N) is 1. The minimum Gasteiger partial charge on any atom is -0.345 e. The summed E-state index contributed by atoms with van der Waals surface area (Å²) < 4.78 is 0. The molecule has 4 nitrogen and oxygen atoms in total. The molecule has 0 saturated heterocycles. The molecule has 0 spiro atoms. The number of benzene rings is 2. The molecule has 0 radical (unpaired) electrons. The second kappa shape index (κ2) is 7.06. The van der Waals surface area contributed by atoms with Gasteiger partial charge in [0, 0.05) is 17.0 Å². The van der Waals surface area contributed by atoms with Gasteiger partial charge in [0.05, 0.1) is 17.1 Å². The number of carbonyl (C=O) groups excluding carboxylic acids is 1. The van der Waals surface area contributed by atoms with Crippen LogP contribution in [0, 0.1) is 0 Å². The van der Waals surface area contributed by atoms with Crippen molar-refractivity contribution in [2.24, 2.45) is 0 Å². The summed E-state index contributed by atoms with van der Waals surface area (Å²) in [6, 6.07) is 19.4. The lowest BCUT2D eigenvalue weighted by Crippen LogP contribution is -2.27. The van der Waals surface area contributed by atoms with Gasteiger partial charge >= 0.3 is 0 Å². The SMILES string of the molecule is CC(NC(=O)c1cc(-c2nccs2)nc2ccccc12)c1ccccc1. The zero-order valence-corrected chi connectivity index (χ0v) is 15.0. The molecule has 2 aromatic carbocycles. The number of nitrogens with zero attached hydrogens (tertiary/aromatic N) is 2. The molecule has 5 heteroatoms. The lowest BCUT2D eigenvalue weighted by atomic mass is 10.0. The maximum atomic E-state index is 13.0. The summed E-state index contributed by atoms with van der Waals surface area (Å²) >= 11 is 1.51. The van der Waals surface area contributed by atoms with E-state index in [1.807, 2.05) is 73.0 Å². The lowest BCUT2D eigenvalue weighted by molar-refractivity contribution is 0.0941. The third-order valence-electron chi connectivity index (χ3n) is 4.26. The van der Waals surface area contributed by atoms with E-state index in [2.05, 4.69) is 15.3 Å². The fourth-order valence-electron chi connectivity index (χ4n) is 2.92. The van der Waals surface area contributed by atoms with E-state index in [-0.39, 0.29) is 11.9 Å². The molecule has 1 N–H and O–H groups in total. The highest BCUT2D eigenvalue weighted by Gasteiger charge is 2.17. The molecule has 0 aliphatic carbocycles. The van der Waals surface area contributed by atoms with Crippen molar-refractivity contribution in [3.63, 3.8) is 0 Å². The first kappa shape index (κ1) is 16.4. The quantitative estimate of drug-likeness (QED) is 0.567. The van der Waals surface area contributed by atoms with Crippen molar-refractivity contribution in [2.45, 2.75) is 13.0 Å². The number of aromatic nitrogens is 2. The molecule has 2 heterocycles. The highest BCUT2D eigenvalue weighted by Crippen LogP contribution is 2.26. The Morgan fingerprint density at radius 1 is 1.08 bits per heavy atom. The number of para-hydroxylation sites is 1. The second-order valence-corrected chi connectivity index (χ2v) is 6.91. The van der Waals surface area contributed by atoms with Crippen LogP contribution in [0.15, 0.2) is 72.2 Å². The van der Waals surface area contributed by atoms with Crippen molar-refractivity contribution in [1.29, 1.82) is 0 Å². The van der Waals surface area contributed by atoms with E-state index in [0.29, 0.717) is 5.56 Å². The van der Waals surface area contributed by atoms with Crippen molar-refractivity contribution in [1.82, 2.24) is 15.3 Å². The summed E-state index contributed by atoms with van der Waals surface area (Å²) in [5.74, 6) is -0.113. The Hall–Kier alpha value is -3.05. The molecule has 0 bridgehead atoms. The van der Waals surface area contributed by atoms with E-state index in [1.165, 1.54) is 11.3 Å². The zero-order chi connectivity index (χ0) is 17.9. The number of rotatable bonds is 4. The Morgan fingerprint density at radius 2 is 1.85 bits per heavy atom. The van der Waals surface area contributed by atoms with Gasteiger partial charge in [-0.25, -0.2) is 9.97 Å². The minimum atomic E-state index is -0.113. The number of carbonyl (C=O) groups is 1. The molecule has 0 aliphatic rings. The largest absolute Gasteiger partial charge is 0.345 e. The van der Waals surface area contributed by atoms with Crippen molar-refractivity contribution < 1.29 is 4.79 Å². The van der Waals surface area contributed by atoms with Crippen molar-refractivity contribution in [2.75, 3.05) is 0 Å². The van der Waals surface area contributed by atoms with E-state index < -0.39 is 0 Å². The monoisotopic (exact) mass is 359 g/mol. The molecular weight excluding hydrogens is 342 g/mol. The number of fused-ring (bicyclic) bond motifs is 1. The van der Waals surface area contributed by atoms with Crippen LogP contribution in [0.4, 0.5) is 0 Å². The standard InChI is InChI=1S/C21H17N3OS/c1-14(15-7-3-2-4-8-15)23-20(25)17-13-19(21-22-11-12-26-21)24-18-10-6-5-9-16(17)18/h2-14H,1H3,(H,23,25). The molecule has 0 aliphatic heterocycles. The smallest absolute Gasteiger partial charge is 0.252 e. The summed E-state index contributed by atoms with van der Waals surface area (Å²) in [6.07, 6.45) is 1.74. The van der Waals surface area contributed by atoms with Gasteiger partial charge in [0.1, 0.15) is 10.7 Å². The predicted octanol–water partition coefficient (Wildman–Crippen LogP) is 4.85. The molecule has 128 valence electrons. The fourth-order valence-corrected chi connectivity index (χ4v) is 3.52. The summed E-state index contributed by atoms with van der Waals surface area (Å²) in [5.41, 5.74) is 3.19. The van der Waals surface area contributed by atoms with Gasteiger partial charge in [0.25, 0.3) is 5.91 Å². The summed E-state index contributed by atoms with van der Waals surface area (Å²) in [6.45, 7) is 1.98. The number of hydrogen-bond donors (Lipinski definition) is 1. The Morgan fingerprint density at radius 3 is 2.62 bits per heavy atom. The predicted molar refractivity (Wildman–Crippen MR) is 105 cm³/mol. The maximum absolute atomic E-state index is 13.0. The Labute approximate surface area is 155 Å². The summed E-state index contributed by atoms with van der Waals surface area (Å²) in [7, 11) is 0. The van der Waals surface area contributed by atoms with Gasteiger partial charge in [-0.1, -0.05) is 48.5 Å². The average molecular weight is 359 g/mol. The number of amides is 1. The third kappa shape index (κ3) is 3.21. The molecule has 1 unspecified atom stereocenters. The van der Waals surface area contributed by atoms with Crippen LogP contribution in [-0.2, 0) is 0 Å². The third-order valence-corrected chi connectivity index (χ3v) is 5.06. The number of hydrogen-bond acceptors (Lipinski definition) is 4. The highest BCUT2D eigenvalue weighted by atomic mass is 32.1. The van der Waals surface area contributed by atoms with Crippen LogP contribution in [0.1, 0.15) is 28.9 Å². The summed E-state index contributed by atoms with van der Waals surface area (Å²) in [4.78, 5) is 22.0. The van der Waals surface area contributed by atoms with Gasteiger partial charge in [-0.05, 0) is 24.6 Å². The van der Waals surface area contributed by atoms with Gasteiger partial charge in [-0.3, -0.25) is 4.79 Å². The van der Waals surface area contributed by atoms with Crippen molar-refractivity contribution in [3.8, 4) is 10.7 Å². The average Bonchev–Trinajstić information content (AvgIpc) is 3.22. The topological polar surface area (TPSA) is 54.9 Å². The Balaban J connectivity index is 1.73. The zero-order valence-electron chi connectivity index (χ0n) is 14.2. The molecule has 26 heavy (non-hydrogen) atoms. The van der Waals surface area contributed by atoms with Crippen LogP contribution in [0.3, 0.4) is 0 Å². The van der Waals surface area contributed by atoms with Crippen LogP contribution in [0.25, 0.3) is 21.6 Å². The normalized spacial score (nSPS) is 12.0. The van der Waals surface area contributed by atoms with Gasteiger partial charge in [-0.15, -0.1) is 11.3 Å². The molecule has 2 aromatic heterocycles. The minimum absolute atomic E-state index is 0.0843. The van der Waals surface area contributed by atoms with Gasteiger partial charge in [0.2, 0.25) is 0 Å². The van der Waals surface area contributed by atoms with E-state index in [0.717, 1.165) is 27.2 Å². The maximum Gasteiger partial charge on any atom is 0.252 e. The van der Waals surface area contributed by atoms with Crippen LogP contribution in [0.5, 0.6) is 0 Å². The van der Waals surface area contributed by atoms with Gasteiger partial charge in [0.15, 0.2) is 0 Å². The van der Waals surface area contributed by atoms with Crippen LogP contribution in [-0.4, -0.2) is 15.9 Å². The first-order valence-electron chi connectivity index (χ1n) is 8.38. The molecule has 1 amide bonds. The molecule has 4 rings (SSSR count). The Kier molecular flexibility index (Phi) is 4.46. The van der Waals surface area contributed by atoms with Crippen LogP contribution < -0.4 is 5.32 Å². The first-order chi connectivity index (χ1) is 12.7. The van der Waals surface area contributed by atoms with E-state index in [9.17, 15) is 4.79 Å².